The first-order chi connectivity index (χ1) is 18.7. The molecular formula is C34H32N4. The number of para-hydroxylation sites is 1. The molecule has 5 N–H and O–H groups in total. The largest absolute Gasteiger partial charge is 0.366 e. The molecule has 1 heterocycles. The zero-order valence-electron chi connectivity index (χ0n) is 21.4. The molecule has 4 nitrogen and oxygen atoms in total. The van der Waals surface area contributed by atoms with E-state index in [-0.39, 0.29) is 18.4 Å². The highest BCUT2D eigenvalue weighted by atomic mass is 15.2. The molecule has 0 fully saturated rings. The fraction of sp³-hybridized carbons (Fsp3) is 0.118. The third-order valence-corrected chi connectivity index (χ3v) is 7.36. The van der Waals surface area contributed by atoms with Gasteiger partial charge in [0.1, 0.15) is 6.17 Å². The SMILES string of the molecule is CNC(N)c1cccc(C2Nc3ccccc3C(c3cccc(-c4ccc(-c5ccccc5)cc4)c3)N2)c1. The predicted molar refractivity (Wildman–Crippen MR) is 158 cm³/mol. The monoisotopic (exact) mass is 496 g/mol. The Morgan fingerprint density at radius 1 is 0.632 bits per heavy atom. The van der Waals surface area contributed by atoms with E-state index in [1.807, 2.05) is 7.05 Å². The lowest BCUT2D eigenvalue weighted by Gasteiger charge is -2.35. The highest BCUT2D eigenvalue weighted by molar-refractivity contribution is 5.71. The van der Waals surface area contributed by atoms with E-state index >= 15 is 0 Å². The van der Waals surface area contributed by atoms with Gasteiger partial charge in [-0.05, 0) is 69.8 Å². The number of hydrogen-bond donors (Lipinski definition) is 4. The van der Waals surface area contributed by atoms with Gasteiger partial charge in [-0.1, -0.05) is 109 Å². The number of anilines is 1. The maximum Gasteiger partial charge on any atom is 0.104 e. The minimum Gasteiger partial charge on any atom is -0.366 e. The highest BCUT2D eigenvalue weighted by Gasteiger charge is 2.28. The van der Waals surface area contributed by atoms with Crippen LogP contribution < -0.4 is 21.7 Å². The first-order valence-electron chi connectivity index (χ1n) is 13.1. The van der Waals surface area contributed by atoms with Crippen LogP contribution in [0.3, 0.4) is 0 Å². The summed E-state index contributed by atoms with van der Waals surface area (Å²) in [7, 11) is 1.88. The molecule has 5 aromatic carbocycles. The second-order valence-corrected chi connectivity index (χ2v) is 9.77. The lowest BCUT2D eigenvalue weighted by molar-refractivity contribution is 0.505. The highest BCUT2D eigenvalue weighted by Crippen LogP contribution is 2.38. The van der Waals surface area contributed by atoms with Crippen LogP contribution in [0.5, 0.6) is 0 Å². The van der Waals surface area contributed by atoms with Crippen LogP contribution in [0, 0.1) is 0 Å². The Kier molecular flexibility index (Phi) is 6.76. The Bertz CT molecular complexity index is 1530. The van der Waals surface area contributed by atoms with Crippen LogP contribution >= 0.6 is 0 Å². The normalized spacial score (nSPS) is 17.3. The number of benzene rings is 5. The van der Waals surface area contributed by atoms with Crippen molar-refractivity contribution in [2.45, 2.75) is 18.4 Å². The molecule has 0 saturated carbocycles. The van der Waals surface area contributed by atoms with Gasteiger partial charge in [0.2, 0.25) is 0 Å². The van der Waals surface area contributed by atoms with Crippen LogP contribution in [0.4, 0.5) is 5.69 Å². The lowest BCUT2D eigenvalue weighted by atomic mass is 9.91. The van der Waals surface area contributed by atoms with Crippen molar-refractivity contribution in [2.24, 2.45) is 5.73 Å². The number of nitrogens with two attached hydrogens (primary N) is 1. The van der Waals surface area contributed by atoms with Crippen LogP contribution in [0.2, 0.25) is 0 Å². The Morgan fingerprint density at radius 2 is 1.26 bits per heavy atom. The molecule has 0 amide bonds. The van der Waals surface area contributed by atoms with Crippen molar-refractivity contribution in [3.05, 3.63) is 150 Å². The molecular weight excluding hydrogens is 464 g/mol. The first kappa shape index (κ1) is 24.1. The van der Waals surface area contributed by atoms with Crippen LogP contribution in [-0.4, -0.2) is 7.05 Å². The van der Waals surface area contributed by atoms with E-state index in [0.717, 1.165) is 16.8 Å². The molecule has 3 atom stereocenters. The van der Waals surface area contributed by atoms with Crippen molar-refractivity contribution in [1.82, 2.24) is 10.6 Å². The molecule has 3 unspecified atom stereocenters. The molecule has 1 aliphatic rings. The summed E-state index contributed by atoms with van der Waals surface area (Å²) >= 11 is 0. The van der Waals surface area contributed by atoms with Gasteiger partial charge in [0, 0.05) is 5.69 Å². The maximum atomic E-state index is 6.25. The summed E-state index contributed by atoms with van der Waals surface area (Å²) in [5, 5.41) is 10.7. The molecule has 1 aliphatic heterocycles. The van der Waals surface area contributed by atoms with E-state index in [9.17, 15) is 0 Å². The van der Waals surface area contributed by atoms with Gasteiger partial charge in [-0.25, -0.2) is 0 Å². The van der Waals surface area contributed by atoms with Gasteiger partial charge in [-0.2, -0.15) is 0 Å². The number of fused-ring (bicyclic) bond motifs is 1. The van der Waals surface area contributed by atoms with Gasteiger partial charge < -0.3 is 16.4 Å². The fourth-order valence-corrected chi connectivity index (χ4v) is 5.27. The molecule has 0 radical (unpaired) electrons. The predicted octanol–water partition coefficient (Wildman–Crippen LogP) is 7.00. The summed E-state index contributed by atoms with van der Waals surface area (Å²) in [5.41, 5.74) is 16.9. The van der Waals surface area contributed by atoms with Crippen LogP contribution in [0.15, 0.2) is 127 Å². The lowest BCUT2D eigenvalue weighted by Crippen LogP contribution is -2.37. The Balaban J connectivity index is 1.33. The zero-order valence-corrected chi connectivity index (χ0v) is 21.4. The minimum absolute atomic E-state index is 0.0441. The van der Waals surface area contributed by atoms with Gasteiger partial charge >= 0.3 is 0 Å². The average molecular weight is 497 g/mol. The second-order valence-electron chi connectivity index (χ2n) is 9.77. The van der Waals surface area contributed by atoms with Gasteiger partial charge in [-0.3, -0.25) is 5.32 Å². The average Bonchev–Trinajstić information content (AvgIpc) is 3.00. The molecule has 4 heteroatoms. The Morgan fingerprint density at radius 3 is 2.05 bits per heavy atom. The second kappa shape index (κ2) is 10.6. The van der Waals surface area contributed by atoms with Crippen molar-refractivity contribution in [1.29, 1.82) is 0 Å². The molecule has 0 aliphatic carbocycles. The van der Waals surface area contributed by atoms with Gasteiger partial charge in [-0.15, -0.1) is 0 Å². The number of rotatable bonds is 6. The third kappa shape index (κ3) is 4.85. The molecule has 5 aromatic rings. The van der Waals surface area contributed by atoms with Crippen molar-refractivity contribution in [3.63, 3.8) is 0 Å². The molecule has 0 aromatic heterocycles. The van der Waals surface area contributed by atoms with Crippen LogP contribution in [0.25, 0.3) is 22.3 Å². The summed E-state index contributed by atoms with van der Waals surface area (Å²) in [6, 6.07) is 45.2. The van der Waals surface area contributed by atoms with Crippen molar-refractivity contribution < 1.29 is 0 Å². The Hall–Kier alpha value is -4.22. The van der Waals surface area contributed by atoms with Crippen molar-refractivity contribution in [3.8, 4) is 22.3 Å². The smallest absolute Gasteiger partial charge is 0.104 e. The van der Waals surface area contributed by atoms with Gasteiger partial charge in [0.25, 0.3) is 0 Å². The molecule has 6 rings (SSSR count). The molecule has 38 heavy (non-hydrogen) atoms. The van der Waals surface area contributed by atoms with Crippen LogP contribution in [-0.2, 0) is 0 Å². The third-order valence-electron chi connectivity index (χ3n) is 7.36. The van der Waals surface area contributed by atoms with Gasteiger partial charge in [0.15, 0.2) is 0 Å². The number of hydrogen-bond acceptors (Lipinski definition) is 4. The minimum atomic E-state index is -0.202. The summed E-state index contributed by atoms with van der Waals surface area (Å²) in [4.78, 5) is 0. The number of nitrogens with one attached hydrogen (secondary N) is 3. The molecule has 0 saturated heterocycles. The topological polar surface area (TPSA) is 62.1 Å². The first-order valence-corrected chi connectivity index (χ1v) is 13.1. The quantitative estimate of drug-likeness (QED) is 0.191. The molecule has 188 valence electrons. The molecule has 0 bridgehead atoms. The summed E-state index contributed by atoms with van der Waals surface area (Å²) in [6.45, 7) is 0. The fourth-order valence-electron chi connectivity index (χ4n) is 5.27. The maximum absolute atomic E-state index is 6.25. The molecule has 0 spiro atoms. The van der Waals surface area contributed by atoms with E-state index in [2.05, 4.69) is 143 Å². The van der Waals surface area contributed by atoms with E-state index in [4.69, 9.17) is 5.73 Å². The summed E-state index contributed by atoms with van der Waals surface area (Å²) < 4.78 is 0. The zero-order chi connectivity index (χ0) is 25.9. The summed E-state index contributed by atoms with van der Waals surface area (Å²) in [6.07, 6.45) is -0.251. The van der Waals surface area contributed by atoms with Crippen molar-refractivity contribution >= 4 is 5.69 Å². The van der Waals surface area contributed by atoms with Crippen LogP contribution in [0.1, 0.15) is 40.6 Å². The van der Waals surface area contributed by atoms with Crippen molar-refractivity contribution in [2.75, 3.05) is 12.4 Å². The van der Waals surface area contributed by atoms with E-state index < -0.39 is 0 Å². The van der Waals surface area contributed by atoms with Gasteiger partial charge in [0.05, 0.1) is 12.2 Å². The van der Waals surface area contributed by atoms with E-state index in [0.29, 0.717) is 0 Å². The standard InChI is InChI=1S/C34H32N4/c1-36-33(35)28-13-8-14-29(22-28)34-37-31-16-6-5-15-30(31)32(38-34)27-12-7-11-26(21-27)25-19-17-24(18-20-25)23-9-3-2-4-10-23/h2-22,32-34,36-38H,35H2,1H3. The summed E-state index contributed by atoms with van der Waals surface area (Å²) in [5.74, 6) is 0. The Labute approximate surface area is 224 Å². The van der Waals surface area contributed by atoms with E-state index in [1.165, 1.54) is 33.4 Å². The van der Waals surface area contributed by atoms with E-state index in [1.54, 1.807) is 0 Å².